The highest BCUT2D eigenvalue weighted by molar-refractivity contribution is 14.1. The Morgan fingerprint density at radius 2 is 2.07 bits per heavy atom. The lowest BCUT2D eigenvalue weighted by atomic mass is 9.94. The first kappa shape index (κ1) is 22.7. The minimum atomic E-state index is -0.945. The fraction of sp³-hybridized carbons (Fsp3) is 0.348. The number of benzene rings is 2. The third-order valence-electron chi connectivity index (χ3n) is 5.29. The third kappa shape index (κ3) is 4.83. The van der Waals surface area contributed by atoms with Gasteiger partial charge in [-0.3, -0.25) is 4.79 Å². The molecule has 0 bridgehead atoms. The molecule has 30 heavy (non-hydrogen) atoms. The van der Waals surface area contributed by atoms with Gasteiger partial charge in [-0.05, 0) is 89.7 Å². The number of ether oxygens (including phenoxy) is 1. The van der Waals surface area contributed by atoms with Gasteiger partial charge >= 0.3 is 0 Å². The number of hydrogen-bond acceptors (Lipinski definition) is 3. The highest BCUT2D eigenvalue weighted by atomic mass is 127. The number of aliphatic hydroxyl groups is 1. The molecule has 1 aliphatic rings. The van der Waals surface area contributed by atoms with Crippen molar-refractivity contribution >= 4 is 34.6 Å². The zero-order valence-corrected chi connectivity index (χ0v) is 19.1. The molecule has 7 heteroatoms. The van der Waals surface area contributed by atoms with Crippen LogP contribution < -0.4 is 4.74 Å². The molecule has 0 spiro atoms. The van der Waals surface area contributed by atoms with E-state index in [0.29, 0.717) is 24.1 Å². The van der Waals surface area contributed by atoms with Crippen LogP contribution in [0.5, 0.6) is 5.75 Å². The van der Waals surface area contributed by atoms with Gasteiger partial charge < -0.3 is 14.7 Å². The molecule has 0 radical (unpaired) electrons. The van der Waals surface area contributed by atoms with Gasteiger partial charge in [0.15, 0.2) is 11.6 Å². The summed E-state index contributed by atoms with van der Waals surface area (Å²) < 4.78 is 34.1. The van der Waals surface area contributed by atoms with Crippen molar-refractivity contribution < 1.29 is 23.4 Å². The number of carbonyl (C=O) groups is 1. The molecule has 1 fully saturated rings. The Balaban J connectivity index is 1.94. The molecule has 2 aromatic carbocycles. The summed E-state index contributed by atoms with van der Waals surface area (Å²) >= 11 is 2.19. The van der Waals surface area contributed by atoms with Crippen molar-refractivity contribution in [2.45, 2.75) is 32.2 Å². The molecule has 0 saturated carbocycles. The van der Waals surface area contributed by atoms with Crippen molar-refractivity contribution in [3.8, 4) is 5.75 Å². The van der Waals surface area contributed by atoms with Crippen LogP contribution in [0.2, 0.25) is 0 Å². The van der Waals surface area contributed by atoms with Crippen molar-refractivity contribution in [1.29, 1.82) is 0 Å². The minimum Gasteiger partial charge on any atom is -0.496 e. The van der Waals surface area contributed by atoms with E-state index in [4.69, 9.17) is 4.74 Å². The first-order valence-corrected chi connectivity index (χ1v) is 10.8. The Kier molecular flexibility index (Phi) is 7.46. The summed E-state index contributed by atoms with van der Waals surface area (Å²) in [6, 6.07) is 7.88. The van der Waals surface area contributed by atoms with Crippen molar-refractivity contribution in [2.75, 3.05) is 20.3 Å². The van der Waals surface area contributed by atoms with Crippen molar-refractivity contribution in [2.24, 2.45) is 0 Å². The Morgan fingerprint density at radius 3 is 2.73 bits per heavy atom. The average molecular weight is 527 g/mol. The van der Waals surface area contributed by atoms with Crippen LogP contribution >= 0.6 is 22.6 Å². The molecule has 1 unspecified atom stereocenters. The van der Waals surface area contributed by atoms with Gasteiger partial charge in [0.1, 0.15) is 5.75 Å². The monoisotopic (exact) mass is 527 g/mol. The number of carbonyl (C=O) groups excluding carboxylic acids is 1. The predicted octanol–water partition coefficient (Wildman–Crippen LogP) is 5.02. The van der Waals surface area contributed by atoms with Crippen LogP contribution in [0.25, 0.3) is 6.08 Å². The summed E-state index contributed by atoms with van der Waals surface area (Å²) in [5.41, 5.74) is 2.18. The SMILES string of the molecule is COc1cc(/C=C2\CCCN(C(CCO)c3cc(C)c(F)c(F)c3)C2=O)ccc1I. The van der Waals surface area contributed by atoms with E-state index in [0.717, 1.165) is 27.4 Å². The lowest BCUT2D eigenvalue weighted by molar-refractivity contribution is -0.131. The Bertz CT molecular complexity index is 954. The second kappa shape index (κ2) is 9.87. The number of amides is 1. The van der Waals surface area contributed by atoms with Crippen molar-refractivity contribution in [1.82, 2.24) is 4.90 Å². The van der Waals surface area contributed by atoms with E-state index >= 15 is 0 Å². The number of likely N-dealkylation sites (tertiary alicyclic amines) is 1. The summed E-state index contributed by atoms with van der Waals surface area (Å²) in [6.07, 6.45) is 3.48. The van der Waals surface area contributed by atoms with Gasteiger partial charge in [0.05, 0.1) is 16.7 Å². The van der Waals surface area contributed by atoms with Crippen LogP contribution in [0, 0.1) is 22.1 Å². The van der Waals surface area contributed by atoms with Crippen LogP contribution in [0.4, 0.5) is 8.78 Å². The molecule has 1 atom stereocenters. The second-order valence-corrected chi connectivity index (χ2v) is 8.49. The number of aryl methyl sites for hydroxylation is 1. The second-order valence-electron chi connectivity index (χ2n) is 7.33. The first-order chi connectivity index (χ1) is 14.3. The predicted molar refractivity (Wildman–Crippen MR) is 120 cm³/mol. The first-order valence-electron chi connectivity index (χ1n) is 9.77. The third-order valence-corrected chi connectivity index (χ3v) is 6.18. The van der Waals surface area contributed by atoms with Gasteiger partial charge in [0, 0.05) is 18.7 Å². The summed E-state index contributed by atoms with van der Waals surface area (Å²) in [5.74, 6) is -1.25. The molecular formula is C23H24F2INO3. The fourth-order valence-electron chi connectivity index (χ4n) is 3.80. The molecule has 4 nitrogen and oxygen atoms in total. The van der Waals surface area contributed by atoms with Gasteiger partial charge in [0.2, 0.25) is 5.91 Å². The van der Waals surface area contributed by atoms with Gasteiger partial charge in [-0.15, -0.1) is 0 Å². The Morgan fingerprint density at radius 1 is 1.30 bits per heavy atom. The number of nitrogens with zero attached hydrogens (tertiary/aromatic N) is 1. The van der Waals surface area contributed by atoms with Crippen LogP contribution in [0.1, 0.15) is 42.0 Å². The maximum atomic E-state index is 14.0. The van der Waals surface area contributed by atoms with Gasteiger partial charge in [0.25, 0.3) is 0 Å². The van der Waals surface area contributed by atoms with E-state index in [-0.39, 0.29) is 24.5 Å². The average Bonchev–Trinajstić information content (AvgIpc) is 2.73. The lowest BCUT2D eigenvalue weighted by Crippen LogP contribution is -2.40. The highest BCUT2D eigenvalue weighted by Gasteiger charge is 2.31. The fourth-order valence-corrected chi connectivity index (χ4v) is 4.36. The molecular weight excluding hydrogens is 503 g/mol. The van der Waals surface area contributed by atoms with Gasteiger partial charge in [-0.2, -0.15) is 0 Å². The molecule has 1 N–H and O–H groups in total. The number of rotatable bonds is 6. The zero-order chi connectivity index (χ0) is 21.8. The van der Waals surface area contributed by atoms with E-state index in [1.165, 1.54) is 6.92 Å². The topological polar surface area (TPSA) is 49.8 Å². The summed E-state index contributed by atoms with van der Waals surface area (Å²) in [4.78, 5) is 14.9. The molecule has 2 aromatic rings. The quantitative estimate of drug-likeness (QED) is 0.425. The molecule has 1 heterocycles. The smallest absolute Gasteiger partial charge is 0.250 e. The highest BCUT2D eigenvalue weighted by Crippen LogP contribution is 2.33. The zero-order valence-electron chi connectivity index (χ0n) is 16.9. The summed E-state index contributed by atoms with van der Waals surface area (Å²) in [6.45, 7) is 1.82. The summed E-state index contributed by atoms with van der Waals surface area (Å²) in [7, 11) is 1.60. The lowest BCUT2D eigenvalue weighted by Gasteiger charge is -2.36. The normalized spacial score (nSPS) is 16.8. The number of aliphatic hydroxyl groups excluding tert-OH is 1. The van der Waals surface area contributed by atoms with Crippen LogP contribution in [0.15, 0.2) is 35.9 Å². The number of methoxy groups -OCH3 is 1. The molecule has 0 aromatic heterocycles. The number of hydrogen-bond donors (Lipinski definition) is 1. The number of piperidine rings is 1. The van der Waals surface area contributed by atoms with Crippen LogP contribution in [0.3, 0.4) is 0 Å². The van der Waals surface area contributed by atoms with Crippen molar-refractivity contribution in [3.63, 3.8) is 0 Å². The molecule has 1 amide bonds. The van der Waals surface area contributed by atoms with Gasteiger partial charge in [-0.25, -0.2) is 8.78 Å². The molecule has 1 saturated heterocycles. The maximum Gasteiger partial charge on any atom is 0.250 e. The molecule has 3 rings (SSSR count). The summed E-state index contributed by atoms with van der Waals surface area (Å²) in [5, 5.41) is 9.56. The number of halogens is 3. The Labute approximate surface area is 188 Å². The molecule has 1 aliphatic heterocycles. The van der Waals surface area contributed by atoms with E-state index in [1.54, 1.807) is 18.1 Å². The van der Waals surface area contributed by atoms with E-state index in [9.17, 15) is 18.7 Å². The van der Waals surface area contributed by atoms with Crippen molar-refractivity contribution in [3.05, 3.63) is 67.8 Å². The minimum absolute atomic E-state index is 0.153. The molecule has 160 valence electrons. The van der Waals surface area contributed by atoms with E-state index in [1.807, 2.05) is 24.3 Å². The maximum absolute atomic E-state index is 14.0. The van der Waals surface area contributed by atoms with E-state index in [2.05, 4.69) is 22.6 Å². The Hall–Kier alpha value is -2.00. The molecule has 0 aliphatic carbocycles. The van der Waals surface area contributed by atoms with Gasteiger partial charge in [-0.1, -0.05) is 12.1 Å². The van der Waals surface area contributed by atoms with E-state index < -0.39 is 17.7 Å². The van der Waals surface area contributed by atoms with Crippen LogP contribution in [-0.2, 0) is 4.79 Å². The standard InChI is InChI=1S/C23H24F2INO3/c1-14-10-17(13-18(24)22(14)25)20(7-9-28)27-8-3-4-16(23(27)29)11-15-5-6-19(26)21(12-15)30-2/h5-6,10-13,20,28H,3-4,7-9H2,1-2H3/b16-11+. The van der Waals surface area contributed by atoms with Crippen LogP contribution in [-0.4, -0.2) is 36.2 Å². The largest absolute Gasteiger partial charge is 0.496 e.